The minimum Gasteiger partial charge on any atom is -0.710 e. The van der Waals surface area contributed by atoms with Gasteiger partial charge in [-0.05, 0) is 55.3 Å². The van der Waals surface area contributed by atoms with Crippen molar-refractivity contribution in [2.24, 2.45) is 0 Å². The number of anilines is 1. The second kappa shape index (κ2) is 9.96. The van der Waals surface area contributed by atoms with Crippen LogP contribution in [0.2, 0.25) is 0 Å². The van der Waals surface area contributed by atoms with Gasteiger partial charge in [-0.25, -0.2) is 18.5 Å². The molecular formula is C27H27F2N5O3. The molecule has 4 aromatic rings. The van der Waals surface area contributed by atoms with E-state index in [0.717, 1.165) is 5.56 Å². The lowest BCUT2D eigenvalue weighted by atomic mass is 9.96. The number of methoxy groups -OCH3 is 1. The van der Waals surface area contributed by atoms with Gasteiger partial charge >= 0.3 is 0 Å². The predicted octanol–water partition coefficient (Wildman–Crippen LogP) is 5.46. The first-order chi connectivity index (χ1) is 17.6. The van der Waals surface area contributed by atoms with Gasteiger partial charge in [0.05, 0.1) is 18.4 Å². The smallest absolute Gasteiger partial charge is 0.300 e. The summed E-state index contributed by atoms with van der Waals surface area (Å²) in [6, 6.07) is 10.7. The third-order valence-corrected chi connectivity index (χ3v) is 6.33. The fraction of sp³-hybridized carbons (Fsp3) is 0.259. The number of imidazole rings is 1. The molecule has 0 unspecified atom stereocenters. The van der Waals surface area contributed by atoms with Crippen LogP contribution >= 0.6 is 0 Å². The van der Waals surface area contributed by atoms with Crippen molar-refractivity contribution in [3.8, 4) is 28.4 Å². The van der Waals surface area contributed by atoms with E-state index in [1.807, 2.05) is 19.9 Å². The van der Waals surface area contributed by atoms with E-state index < -0.39 is 11.8 Å². The summed E-state index contributed by atoms with van der Waals surface area (Å²) in [7, 11) is 1.55. The lowest BCUT2D eigenvalue weighted by Gasteiger charge is -2.16. The van der Waals surface area contributed by atoms with Crippen molar-refractivity contribution < 1.29 is 23.0 Å². The maximum Gasteiger partial charge on any atom is 0.300 e. The van der Waals surface area contributed by atoms with E-state index in [4.69, 9.17) is 4.74 Å². The normalized spacial score (nSPS) is 11.4. The Labute approximate surface area is 212 Å². The van der Waals surface area contributed by atoms with Crippen LogP contribution in [-0.4, -0.2) is 28.2 Å². The highest BCUT2D eigenvalue weighted by Crippen LogP contribution is 2.38. The van der Waals surface area contributed by atoms with Gasteiger partial charge in [0.1, 0.15) is 5.75 Å². The van der Waals surface area contributed by atoms with Crippen LogP contribution < -0.4 is 14.8 Å². The van der Waals surface area contributed by atoms with E-state index in [9.17, 15) is 18.8 Å². The average Bonchev–Trinajstić information content (AvgIpc) is 3.17. The summed E-state index contributed by atoms with van der Waals surface area (Å²) in [5.74, 6) is -3.03. The van der Waals surface area contributed by atoms with Crippen molar-refractivity contribution in [1.29, 1.82) is 0 Å². The summed E-state index contributed by atoms with van der Waals surface area (Å²) < 4.78 is 34.3. The second-order valence-electron chi connectivity index (χ2n) is 8.71. The molecule has 0 aliphatic carbocycles. The molecule has 0 aliphatic rings. The number of nitrogens with zero attached hydrogens (tertiary/aromatic N) is 3. The van der Waals surface area contributed by atoms with Crippen LogP contribution in [-0.2, 0) is 5.92 Å². The highest BCUT2D eigenvalue weighted by Gasteiger charge is 2.30. The van der Waals surface area contributed by atoms with Gasteiger partial charge in [0.25, 0.3) is 17.7 Å². The van der Waals surface area contributed by atoms with Crippen molar-refractivity contribution in [1.82, 2.24) is 15.2 Å². The zero-order valence-electron chi connectivity index (χ0n) is 21.1. The Morgan fingerprint density at radius 2 is 1.95 bits per heavy atom. The van der Waals surface area contributed by atoms with Crippen LogP contribution in [0.4, 0.5) is 14.5 Å². The monoisotopic (exact) mass is 507 g/mol. The zero-order chi connectivity index (χ0) is 26.9. The number of aromatic amines is 1. The van der Waals surface area contributed by atoms with Gasteiger partial charge in [0.15, 0.2) is 5.69 Å². The van der Waals surface area contributed by atoms with Gasteiger partial charge in [0, 0.05) is 36.4 Å². The van der Waals surface area contributed by atoms with Crippen LogP contribution in [0.3, 0.4) is 0 Å². The molecule has 0 radical (unpaired) electrons. The molecule has 0 aliphatic heterocycles. The average molecular weight is 508 g/mol. The number of rotatable bonds is 7. The van der Waals surface area contributed by atoms with Gasteiger partial charge in [-0.15, -0.1) is 0 Å². The van der Waals surface area contributed by atoms with E-state index >= 15 is 0 Å². The molecule has 2 N–H and O–H groups in total. The largest absolute Gasteiger partial charge is 0.710 e. The molecule has 1 amide bonds. The molecule has 4 rings (SSSR count). The van der Waals surface area contributed by atoms with Crippen LogP contribution in [0.1, 0.15) is 46.2 Å². The topological polar surface area (TPSA) is 107 Å². The second-order valence-corrected chi connectivity index (χ2v) is 8.71. The van der Waals surface area contributed by atoms with Crippen LogP contribution in [0.25, 0.3) is 22.6 Å². The molecule has 0 saturated heterocycles. The summed E-state index contributed by atoms with van der Waals surface area (Å²) in [5.41, 5.74) is 3.52. The number of aryl methyl sites for hydroxylation is 2. The van der Waals surface area contributed by atoms with E-state index in [-0.39, 0.29) is 29.2 Å². The lowest BCUT2D eigenvalue weighted by molar-refractivity contribution is -0.594. The highest BCUT2D eigenvalue weighted by atomic mass is 19.3. The molecule has 0 saturated carbocycles. The first-order valence-electron chi connectivity index (χ1n) is 11.7. The predicted molar refractivity (Wildman–Crippen MR) is 136 cm³/mol. The molecule has 10 heteroatoms. The van der Waals surface area contributed by atoms with Crippen molar-refractivity contribution in [2.75, 3.05) is 12.4 Å². The Bertz CT molecular complexity index is 1480. The van der Waals surface area contributed by atoms with Gasteiger partial charge in [0.2, 0.25) is 5.69 Å². The molecule has 2 aromatic heterocycles. The zero-order valence-corrected chi connectivity index (χ0v) is 21.1. The standard InChI is InChI=1S/C27H27F2N5O3/c1-6-27(28,29)18-8-7-9-19(14-18)32-26(35)24-17(4)31-25(34(24)36)20-10-11-21(37-5)22(16(20)3)23-15(2)12-13-30-33-23/h7-14,31H,6H2,1-5H3,(H,32,35). The van der Waals surface area contributed by atoms with E-state index in [1.165, 1.54) is 31.2 Å². The molecule has 37 heavy (non-hydrogen) atoms. The van der Waals surface area contributed by atoms with Gasteiger partial charge < -0.3 is 15.3 Å². The van der Waals surface area contributed by atoms with Crippen LogP contribution in [0.5, 0.6) is 5.75 Å². The number of carbonyl (C=O) groups excluding carboxylic acids is 1. The summed E-state index contributed by atoms with van der Waals surface area (Å²) >= 11 is 0. The summed E-state index contributed by atoms with van der Waals surface area (Å²) in [6.07, 6.45) is 1.22. The van der Waals surface area contributed by atoms with Crippen molar-refractivity contribution in [2.45, 2.75) is 40.0 Å². The molecule has 0 bridgehead atoms. The summed E-state index contributed by atoms with van der Waals surface area (Å²) in [6.45, 7) is 6.71. The molecule has 0 fully saturated rings. The molecule has 0 spiro atoms. The molecular weight excluding hydrogens is 480 g/mol. The third kappa shape index (κ3) is 4.74. The van der Waals surface area contributed by atoms with E-state index in [2.05, 4.69) is 20.5 Å². The lowest BCUT2D eigenvalue weighted by Crippen LogP contribution is -2.36. The Morgan fingerprint density at radius 3 is 2.62 bits per heavy atom. The quantitative estimate of drug-likeness (QED) is 0.255. The van der Waals surface area contributed by atoms with Crippen molar-refractivity contribution >= 4 is 11.6 Å². The van der Waals surface area contributed by atoms with Gasteiger partial charge in [-0.1, -0.05) is 19.1 Å². The fourth-order valence-corrected chi connectivity index (χ4v) is 4.26. The molecule has 8 nitrogen and oxygen atoms in total. The van der Waals surface area contributed by atoms with Gasteiger partial charge in [-0.3, -0.25) is 4.79 Å². The van der Waals surface area contributed by atoms with Gasteiger partial charge in [-0.2, -0.15) is 10.2 Å². The summed E-state index contributed by atoms with van der Waals surface area (Å²) in [4.78, 5) is 16.1. The first-order valence-corrected chi connectivity index (χ1v) is 11.7. The van der Waals surface area contributed by atoms with Crippen molar-refractivity contribution in [3.63, 3.8) is 0 Å². The minimum atomic E-state index is -3.03. The molecule has 2 heterocycles. The fourth-order valence-electron chi connectivity index (χ4n) is 4.26. The Morgan fingerprint density at radius 1 is 1.19 bits per heavy atom. The number of nitrogens with one attached hydrogen (secondary N) is 2. The minimum absolute atomic E-state index is 0.150. The number of H-pyrrole nitrogens is 1. The number of amides is 1. The SMILES string of the molecule is CCC(F)(F)c1cccc(NC(=O)c2c(C)[nH]c(-c3ccc(OC)c(-c4nnccc4C)c3C)[n+]2[O-])c1. The third-order valence-electron chi connectivity index (χ3n) is 6.33. The van der Waals surface area contributed by atoms with Crippen LogP contribution in [0, 0.1) is 26.0 Å². The number of hydrogen-bond acceptors (Lipinski definition) is 5. The number of alkyl halides is 2. The van der Waals surface area contributed by atoms with Crippen molar-refractivity contribution in [3.05, 3.63) is 81.9 Å². The summed E-state index contributed by atoms with van der Waals surface area (Å²) in [5, 5.41) is 24.2. The maximum absolute atomic E-state index is 14.1. The number of halogens is 2. The number of ether oxygens (including phenoxy) is 1. The van der Waals surface area contributed by atoms with E-state index in [1.54, 1.807) is 32.4 Å². The highest BCUT2D eigenvalue weighted by molar-refractivity contribution is 6.03. The van der Waals surface area contributed by atoms with Crippen LogP contribution in [0.15, 0.2) is 48.7 Å². The van der Waals surface area contributed by atoms with E-state index in [0.29, 0.717) is 38.6 Å². The number of benzene rings is 2. The Hall–Kier alpha value is -4.34. The molecule has 2 aromatic carbocycles. The number of carbonyl (C=O) groups is 1. The molecule has 0 atom stereocenters. The number of aromatic nitrogens is 4. The Kier molecular flexibility index (Phi) is 6.93. The first kappa shape index (κ1) is 25.7. The number of hydrogen-bond donors (Lipinski definition) is 2. The molecule has 192 valence electrons. The maximum atomic E-state index is 14.1. The Balaban J connectivity index is 1.75.